The Bertz CT molecular complexity index is 746. The average molecular weight is 296 g/mol. The third kappa shape index (κ3) is 2.93. The second-order valence-corrected chi connectivity index (χ2v) is 4.93. The summed E-state index contributed by atoms with van der Waals surface area (Å²) in [6, 6.07) is 13.5. The number of benzene rings is 1. The molecule has 0 unspecified atom stereocenters. The Hall–Kier alpha value is -2.82. The molecule has 0 spiro atoms. The average Bonchev–Trinajstić information content (AvgIpc) is 3.17. The van der Waals surface area contributed by atoms with Crippen LogP contribution in [0.2, 0.25) is 0 Å². The van der Waals surface area contributed by atoms with E-state index in [2.05, 4.69) is 10.5 Å². The molecular formula is C17H16N2O3. The molecule has 5 nitrogen and oxygen atoms in total. The van der Waals surface area contributed by atoms with E-state index in [9.17, 15) is 4.79 Å². The third-order valence-corrected chi connectivity index (χ3v) is 3.39. The molecule has 1 N–H and O–H groups in total. The normalized spacial score (nSPS) is 10.6. The Kier molecular flexibility index (Phi) is 4.05. The molecule has 3 rings (SSSR count). The van der Waals surface area contributed by atoms with Gasteiger partial charge in [0.2, 0.25) is 0 Å². The van der Waals surface area contributed by atoms with Crippen molar-refractivity contribution >= 4 is 5.91 Å². The van der Waals surface area contributed by atoms with Crippen LogP contribution in [0.4, 0.5) is 0 Å². The highest BCUT2D eigenvalue weighted by atomic mass is 16.5. The van der Waals surface area contributed by atoms with Gasteiger partial charge in [-0.05, 0) is 31.0 Å². The van der Waals surface area contributed by atoms with Gasteiger partial charge in [0, 0.05) is 6.54 Å². The third-order valence-electron chi connectivity index (χ3n) is 3.39. The molecule has 0 saturated carbocycles. The van der Waals surface area contributed by atoms with Crippen LogP contribution in [0.15, 0.2) is 57.7 Å². The molecule has 2 heterocycles. The quantitative estimate of drug-likeness (QED) is 0.785. The van der Waals surface area contributed by atoms with Gasteiger partial charge >= 0.3 is 0 Å². The largest absolute Gasteiger partial charge is 0.463 e. The van der Waals surface area contributed by atoms with Crippen molar-refractivity contribution < 1.29 is 13.7 Å². The zero-order chi connectivity index (χ0) is 15.4. The lowest BCUT2D eigenvalue weighted by molar-refractivity contribution is 0.0953. The lowest BCUT2D eigenvalue weighted by Crippen LogP contribution is -2.26. The Balaban J connectivity index is 1.69. The molecular weight excluding hydrogens is 280 g/mol. The molecule has 0 aliphatic rings. The number of aromatic nitrogens is 1. The molecule has 0 aliphatic heterocycles. The first-order valence-corrected chi connectivity index (χ1v) is 7.08. The second-order valence-electron chi connectivity index (χ2n) is 4.93. The van der Waals surface area contributed by atoms with Crippen LogP contribution in [0, 0.1) is 6.92 Å². The number of nitrogens with zero attached hydrogens (tertiary/aromatic N) is 1. The fourth-order valence-electron chi connectivity index (χ4n) is 2.27. The number of aryl methyl sites for hydroxylation is 1. The molecule has 0 fully saturated rings. The standard InChI is InChI=1S/C17H16N2O3/c1-12-15(16(19-22-12)14-8-5-11-21-14)17(20)18-10-9-13-6-3-2-4-7-13/h2-8,11H,9-10H2,1H3,(H,18,20). The summed E-state index contributed by atoms with van der Waals surface area (Å²) in [6.45, 7) is 2.26. The van der Waals surface area contributed by atoms with Crippen molar-refractivity contribution in [2.24, 2.45) is 0 Å². The molecule has 0 atom stereocenters. The van der Waals surface area contributed by atoms with Crippen molar-refractivity contribution in [2.75, 3.05) is 6.54 Å². The van der Waals surface area contributed by atoms with E-state index in [0.29, 0.717) is 29.3 Å². The topological polar surface area (TPSA) is 68.3 Å². The monoisotopic (exact) mass is 296 g/mol. The van der Waals surface area contributed by atoms with Gasteiger partial charge in [0.25, 0.3) is 5.91 Å². The number of hydrogen-bond acceptors (Lipinski definition) is 4. The summed E-state index contributed by atoms with van der Waals surface area (Å²) in [4.78, 5) is 12.4. The fourth-order valence-corrected chi connectivity index (χ4v) is 2.27. The van der Waals surface area contributed by atoms with Crippen LogP contribution in [0.5, 0.6) is 0 Å². The maximum atomic E-state index is 12.4. The zero-order valence-corrected chi connectivity index (χ0v) is 12.2. The molecule has 3 aromatic rings. The minimum absolute atomic E-state index is 0.207. The van der Waals surface area contributed by atoms with Crippen molar-refractivity contribution in [2.45, 2.75) is 13.3 Å². The summed E-state index contributed by atoms with van der Waals surface area (Å²) >= 11 is 0. The summed E-state index contributed by atoms with van der Waals surface area (Å²) in [7, 11) is 0. The van der Waals surface area contributed by atoms with Crippen molar-refractivity contribution in [3.63, 3.8) is 0 Å². The first-order valence-electron chi connectivity index (χ1n) is 7.08. The first kappa shape index (κ1) is 14.1. The van der Waals surface area contributed by atoms with Crippen molar-refractivity contribution in [1.29, 1.82) is 0 Å². The van der Waals surface area contributed by atoms with Crippen molar-refractivity contribution in [1.82, 2.24) is 10.5 Å². The maximum Gasteiger partial charge on any atom is 0.257 e. The van der Waals surface area contributed by atoms with Crippen molar-refractivity contribution in [3.05, 3.63) is 65.6 Å². The van der Waals surface area contributed by atoms with Gasteiger partial charge in [-0.2, -0.15) is 0 Å². The Labute approximate surface area is 127 Å². The summed E-state index contributed by atoms with van der Waals surface area (Å²) in [5.74, 6) is 0.787. The lowest BCUT2D eigenvalue weighted by atomic mass is 10.1. The van der Waals surface area contributed by atoms with E-state index < -0.39 is 0 Å². The van der Waals surface area contributed by atoms with E-state index in [4.69, 9.17) is 8.94 Å². The minimum atomic E-state index is -0.207. The molecule has 0 radical (unpaired) electrons. The Morgan fingerprint density at radius 2 is 2.00 bits per heavy atom. The SMILES string of the molecule is Cc1onc(-c2ccco2)c1C(=O)NCCc1ccccc1. The van der Waals surface area contributed by atoms with Crippen LogP contribution < -0.4 is 5.32 Å². The molecule has 0 aliphatic carbocycles. The summed E-state index contributed by atoms with van der Waals surface area (Å²) in [6.07, 6.45) is 2.31. The molecule has 0 bridgehead atoms. The highest BCUT2D eigenvalue weighted by molar-refractivity contribution is 6.00. The lowest BCUT2D eigenvalue weighted by Gasteiger charge is -2.05. The van der Waals surface area contributed by atoms with E-state index in [0.717, 1.165) is 6.42 Å². The van der Waals surface area contributed by atoms with Crippen LogP contribution in [0.25, 0.3) is 11.5 Å². The molecule has 5 heteroatoms. The summed E-state index contributed by atoms with van der Waals surface area (Å²) < 4.78 is 10.4. The van der Waals surface area contributed by atoms with Gasteiger partial charge in [0.1, 0.15) is 11.3 Å². The van der Waals surface area contributed by atoms with Crippen LogP contribution in [0.1, 0.15) is 21.7 Å². The smallest absolute Gasteiger partial charge is 0.257 e. The molecule has 1 amide bonds. The molecule has 2 aromatic heterocycles. The van der Waals surface area contributed by atoms with Gasteiger partial charge in [-0.25, -0.2) is 0 Å². The van der Waals surface area contributed by atoms with Crippen LogP contribution in [-0.2, 0) is 6.42 Å². The van der Waals surface area contributed by atoms with E-state index in [1.54, 1.807) is 19.1 Å². The minimum Gasteiger partial charge on any atom is -0.463 e. The van der Waals surface area contributed by atoms with E-state index in [1.807, 2.05) is 30.3 Å². The number of furan rings is 1. The van der Waals surface area contributed by atoms with E-state index in [1.165, 1.54) is 11.8 Å². The predicted octanol–water partition coefficient (Wildman–Crippen LogP) is 3.22. The van der Waals surface area contributed by atoms with Gasteiger partial charge in [-0.1, -0.05) is 35.5 Å². The molecule has 1 aromatic carbocycles. The molecule has 0 saturated heterocycles. The van der Waals surface area contributed by atoms with Crippen LogP contribution >= 0.6 is 0 Å². The number of hydrogen-bond donors (Lipinski definition) is 1. The number of carbonyl (C=O) groups is 1. The molecule has 112 valence electrons. The van der Waals surface area contributed by atoms with Gasteiger partial charge in [0.05, 0.1) is 6.26 Å². The number of nitrogens with one attached hydrogen (secondary N) is 1. The summed E-state index contributed by atoms with van der Waals surface area (Å²) in [5, 5.41) is 6.81. The number of carbonyl (C=O) groups excluding carboxylic acids is 1. The van der Waals surface area contributed by atoms with Gasteiger partial charge in [-0.15, -0.1) is 0 Å². The maximum absolute atomic E-state index is 12.4. The highest BCUT2D eigenvalue weighted by Gasteiger charge is 2.22. The zero-order valence-electron chi connectivity index (χ0n) is 12.2. The molecule has 22 heavy (non-hydrogen) atoms. The Morgan fingerprint density at radius 1 is 1.18 bits per heavy atom. The van der Waals surface area contributed by atoms with Crippen LogP contribution in [-0.4, -0.2) is 17.6 Å². The van der Waals surface area contributed by atoms with Gasteiger partial charge < -0.3 is 14.3 Å². The van der Waals surface area contributed by atoms with E-state index >= 15 is 0 Å². The number of rotatable bonds is 5. The fraction of sp³-hybridized carbons (Fsp3) is 0.176. The first-order chi connectivity index (χ1) is 10.8. The summed E-state index contributed by atoms with van der Waals surface area (Å²) in [5.41, 5.74) is 2.03. The van der Waals surface area contributed by atoms with Gasteiger partial charge in [0.15, 0.2) is 11.5 Å². The van der Waals surface area contributed by atoms with E-state index in [-0.39, 0.29) is 5.91 Å². The van der Waals surface area contributed by atoms with Crippen LogP contribution in [0.3, 0.4) is 0 Å². The van der Waals surface area contributed by atoms with Gasteiger partial charge in [-0.3, -0.25) is 4.79 Å². The Morgan fingerprint density at radius 3 is 2.73 bits per heavy atom. The highest BCUT2D eigenvalue weighted by Crippen LogP contribution is 2.25. The predicted molar refractivity (Wildman–Crippen MR) is 81.4 cm³/mol. The van der Waals surface area contributed by atoms with Crippen molar-refractivity contribution in [3.8, 4) is 11.5 Å². The second kappa shape index (κ2) is 6.30. The number of amides is 1.